The fourth-order valence-electron chi connectivity index (χ4n) is 2.40. The molecule has 1 aromatic rings. The lowest BCUT2D eigenvalue weighted by Crippen LogP contribution is -2.19. The smallest absolute Gasteiger partial charge is 0.305 e. The fraction of sp³-hybridized carbons (Fsp3) is 0.462. The highest BCUT2D eigenvalue weighted by molar-refractivity contribution is 5.69. The maximum atomic E-state index is 11.1. The summed E-state index contributed by atoms with van der Waals surface area (Å²) in [6.45, 7) is 0. The van der Waals surface area contributed by atoms with Gasteiger partial charge in [0.25, 0.3) is 0 Å². The first-order valence-corrected chi connectivity index (χ1v) is 5.76. The van der Waals surface area contributed by atoms with Gasteiger partial charge in [-0.2, -0.15) is 0 Å². The Balaban J connectivity index is 2.22. The molecule has 1 aliphatic rings. The summed E-state index contributed by atoms with van der Waals surface area (Å²) in [7, 11) is 1.37. The number of methoxy groups -OCH3 is 1. The van der Waals surface area contributed by atoms with Crippen LogP contribution in [0.3, 0.4) is 0 Å². The lowest BCUT2D eigenvalue weighted by Gasteiger charge is -2.10. The Kier molecular flexibility index (Phi) is 3.33. The second kappa shape index (κ2) is 4.75. The van der Waals surface area contributed by atoms with E-state index in [-0.39, 0.29) is 24.2 Å². The van der Waals surface area contributed by atoms with Crippen molar-refractivity contribution in [3.63, 3.8) is 0 Å². The van der Waals surface area contributed by atoms with Crippen LogP contribution < -0.4 is 5.73 Å². The number of rotatable bonds is 3. The lowest BCUT2D eigenvalue weighted by atomic mass is 9.98. The van der Waals surface area contributed by atoms with Crippen LogP contribution in [0.25, 0.3) is 0 Å². The van der Waals surface area contributed by atoms with Gasteiger partial charge in [-0.25, -0.2) is 0 Å². The summed E-state index contributed by atoms with van der Waals surface area (Å²) in [5, 5.41) is 9.85. The average Bonchev–Trinajstić information content (AvgIpc) is 2.68. The van der Waals surface area contributed by atoms with Crippen molar-refractivity contribution in [3.05, 3.63) is 28.8 Å². The molecule has 4 nitrogen and oxygen atoms in total. The van der Waals surface area contributed by atoms with Crippen LogP contribution in [0.15, 0.2) is 12.1 Å². The van der Waals surface area contributed by atoms with E-state index in [0.717, 1.165) is 24.0 Å². The normalized spacial score (nSPS) is 17.9. The zero-order chi connectivity index (χ0) is 12.4. The number of benzene rings is 1. The minimum absolute atomic E-state index is 0.128. The number of nitrogens with two attached hydrogens (primary N) is 1. The highest BCUT2D eigenvalue weighted by Gasteiger charge is 2.23. The van der Waals surface area contributed by atoms with Crippen molar-refractivity contribution < 1.29 is 14.6 Å². The number of carbonyl (C=O) groups excluding carboxylic acids is 1. The van der Waals surface area contributed by atoms with Crippen LogP contribution >= 0.6 is 0 Å². The zero-order valence-electron chi connectivity index (χ0n) is 9.90. The number of hydrogen-bond donors (Lipinski definition) is 2. The van der Waals surface area contributed by atoms with E-state index in [1.807, 2.05) is 6.07 Å². The average molecular weight is 235 g/mol. The monoisotopic (exact) mass is 235 g/mol. The van der Waals surface area contributed by atoms with Gasteiger partial charge in [-0.15, -0.1) is 0 Å². The van der Waals surface area contributed by atoms with Crippen LogP contribution in [-0.2, 0) is 28.8 Å². The third kappa shape index (κ3) is 2.42. The standard InChI is InChI=1S/C13H17NO3/c1-17-13(16)5-3-10-11-7-9(14)6-8(11)2-4-12(10)15/h2,4,9,15H,3,5-7,14H2,1H3. The molecule has 0 spiro atoms. The molecule has 3 N–H and O–H groups in total. The summed E-state index contributed by atoms with van der Waals surface area (Å²) < 4.78 is 4.61. The molecule has 0 bridgehead atoms. The highest BCUT2D eigenvalue weighted by Crippen LogP contribution is 2.31. The third-order valence-electron chi connectivity index (χ3n) is 3.26. The number of aromatic hydroxyl groups is 1. The van der Waals surface area contributed by atoms with E-state index in [4.69, 9.17) is 5.73 Å². The molecule has 1 aromatic carbocycles. The molecule has 0 fully saturated rings. The molecule has 92 valence electrons. The van der Waals surface area contributed by atoms with Gasteiger partial charge in [-0.1, -0.05) is 6.07 Å². The van der Waals surface area contributed by atoms with Crippen molar-refractivity contribution in [2.45, 2.75) is 31.7 Å². The van der Waals surface area contributed by atoms with Crippen LogP contribution in [0.5, 0.6) is 5.75 Å². The van der Waals surface area contributed by atoms with Gasteiger partial charge in [0, 0.05) is 12.5 Å². The molecule has 0 amide bonds. The van der Waals surface area contributed by atoms with Gasteiger partial charge in [-0.3, -0.25) is 4.79 Å². The maximum absolute atomic E-state index is 11.1. The number of phenols is 1. The Bertz CT molecular complexity index is 443. The third-order valence-corrected chi connectivity index (χ3v) is 3.26. The molecule has 0 saturated heterocycles. The second-order valence-corrected chi connectivity index (χ2v) is 4.45. The minimum Gasteiger partial charge on any atom is -0.508 e. The van der Waals surface area contributed by atoms with E-state index in [1.165, 1.54) is 12.7 Å². The SMILES string of the molecule is COC(=O)CCc1c(O)ccc2c1CC(N)C2. The minimum atomic E-state index is -0.260. The van der Waals surface area contributed by atoms with Gasteiger partial charge in [0.15, 0.2) is 0 Å². The molecule has 1 aliphatic carbocycles. The number of fused-ring (bicyclic) bond motifs is 1. The lowest BCUT2D eigenvalue weighted by molar-refractivity contribution is -0.140. The van der Waals surface area contributed by atoms with Crippen LogP contribution in [0.4, 0.5) is 0 Å². The molecule has 0 aliphatic heterocycles. The Hall–Kier alpha value is -1.55. The molecule has 0 aromatic heterocycles. The summed E-state index contributed by atoms with van der Waals surface area (Å²) >= 11 is 0. The van der Waals surface area contributed by atoms with E-state index >= 15 is 0 Å². The molecule has 17 heavy (non-hydrogen) atoms. The summed E-state index contributed by atoms with van der Waals surface area (Å²) in [6, 6.07) is 3.73. The van der Waals surface area contributed by atoms with E-state index in [1.54, 1.807) is 6.07 Å². The number of hydrogen-bond acceptors (Lipinski definition) is 4. The van der Waals surface area contributed by atoms with Crippen LogP contribution in [0, 0.1) is 0 Å². The van der Waals surface area contributed by atoms with Crippen LogP contribution in [0.1, 0.15) is 23.1 Å². The van der Waals surface area contributed by atoms with Gasteiger partial charge in [-0.05, 0) is 42.0 Å². The first-order valence-electron chi connectivity index (χ1n) is 5.76. The maximum Gasteiger partial charge on any atom is 0.305 e. The Morgan fingerprint density at radius 3 is 3.00 bits per heavy atom. The predicted molar refractivity (Wildman–Crippen MR) is 63.8 cm³/mol. The molecule has 1 unspecified atom stereocenters. The van der Waals surface area contributed by atoms with Gasteiger partial charge < -0.3 is 15.6 Å². The Morgan fingerprint density at radius 1 is 1.53 bits per heavy atom. The summed E-state index contributed by atoms with van der Waals surface area (Å²) in [5.74, 6) is -0.00829. The van der Waals surface area contributed by atoms with E-state index in [2.05, 4.69) is 4.74 Å². The van der Waals surface area contributed by atoms with Gasteiger partial charge in [0.05, 0.1) is 7.11 Å². The summed E-state index contributed by atoms with van der Waals surface area (Å²) in [5.41, 5.74) is 9.06. The molecule has 0 radical (unpaired) electrons. The highest BCUT2D eigenvalue weighted by atomic mass is 16.5. The van der Waals surface area contributed by atoms with Crippen molar-refractivity contribution in [2.24, 2.45) is 5.73 Å². The largest absolute Gasteiger partial charge is 0.508 e. The van der Waals surface area contributed by atoms with Crippen LogP contribution in [-0.4, -0.2) is 24.2 Å². The van der Waals surface area contributed by atoms with E-state index in [9.17, 15) is 9.90 Å². The fourth-order valence-corrected chi connectivity index (χ4v) is 2.40. The number of ether oxygens (including phenoxy) is 1. The van der Waals surface area contributed by atoms with Gasteiger partial charge >= 0.3 is 5.97 Å². The molecule has 1 atom stereocenters. The van der Waals surface area contributed by atoms with Gasteiger partial charge in [0.2, 0.25) is 0 Å². The first kappa shape index (κ1) is 11.9. The Labute approximate surface area is 100 Å². The summed E-state index contributed by atoms with van der Waals surface area (Å²) in [6.07, 6.45) is 2.42. The molecule has 0 saturated carbocycles. The summed E-state index contributed by atoms with van der Waals surface area (Å²) in [4.78, 5) is 11.1. The van der Waals surface area contributed by atoms with E-state index < -0.39 is 0 Å². The van der Waals surface area contributed by atoms with Crippen molar-refractivity contribution >= 4 is 5.97 Å². The van der Waals surface area contributed by atoms with Crippen molar-refractivity contribution in [1.29, 1.82) is 0 Å². The van der Waals surface area contributed by atoms with Crippen LogP contribution in [0.2, 0.25) is 0 Å². The van der Waals surface area contributed by atoms with Crippen molar-refractivity contribution in [2.75, 3.05) is 7.11 Å². The topological polar surface area (TPSA) is 72.5 Å². The number of phenolic OH excluding ortho intramolecular Hbond substituents is 1. The first-order chi connectivity index (χ1) is 8.11. The molecule has 2 rings (SSSR count). The zero-order valence-corrected chi connectivity index (χ0v) is 9.90. The van der Waals surface area contributed by atoms with Gasteiger partial charge in [0.1, 0.15) is 5.75 Å². The molecular weight excluding hydrogens is 218 g/mol. The predicted octanol–water partition coefficient (Wildman–Crippen LogP) is 0.924. The molecule has 0 heterocycles. The molecular formula is C13H17NO3. The second-order valence-electron chi connectivity index (χ2n) is 4.45. The molecule has 4 heteroatoms. The van der Waals surface area contributed by atoms with Crippen molar-refractivity contribution in [1.82, 2.24) is 0 Å². The van der Waals surface area contributed by atoms with E-state index in [0.29, 0.717) is 6.42 Å². The quantitative estimate of drug-likeness (QED) is 0.764. The number of carbonyl (C=O) groups is 1. The Morgan fingerprint density at radius 2 is 2.29 bits per heavy atom. The number of esters is 1. The van der Waals surface area contributed by atoms with Crippen molar-refractivity contribution in [3.8, 4) is 5.75 Å².